The topological polar surface area (TPSA) is 38.9 Å². The van der Waals surface area contributed by atoms with Gasteiger partial charge < -0.3 is 5.73 Å². The van der Waals surface area contributed by atoms with E-state index >= 15 is 0 Å². The summed E-state index contributed by atoms with van der Waals surface area (Å²) in [7, 11) is 0. The molecule has 0 spiro atoms. The first-order chi connectivity index (χ1) is 8.10. The van der Waals surface area contributed by atoms with E-state index in [4.69, 9.17) is 5.73 Å². The fourth-order valence-electron chi connectivity index (χ4n) is 2.97. The first-order valence-corrected chi connectivity index (χ1v) is 7.54. The second kappa shape index (κ2) is 5.49. The Morgan fingerprint density at radius 3 is 2.65 bits per heavy atom. The van der Waals surface area contributed by atoms with Crippen LogP contribution in [0.1, 0.15) is 41.8 Å². The van der Waals surface area contributed by atoms with Gasteiger partial charge >= 0.3 is 0 Å². The lowest BCUT2D eigenvalue weighted by Crippen LogP contribution is -2.30. The van der Waals surface area contributed by atoms with Crippen molar-refractivity contribution in [3.63, 3.8) is 0 Å². The van der Waals surface area contributed by atoms with Gasteiger partial charge in [0.25, 0.3) is 0 Å². The molecule has 2 N–H and O–H groups in total. The molecule has 1 saturated carbocycles. The summed E-state index contributed by atoms with van der Waals surface area (Å²) in [5.74, 6) is 2.34. The van der Waals surface area contributed by atoms with Crippen LogP contribution in [0.15, 0.2) is 0 Å². The maximum absolute atomic E-state index is 5.91. The highest BCUT2D eigenvalue weighted by molar-refractivity contribution is 7.11. The molecule has 96 valence electrons. The van der Waals surface area contributed by atoms with Crippen molar-refractivity contribution < 1.29 is 0 Å². The molecule has 1 aromatic heterocycles. The van der Waals surface area contributed by atoms with Gasteiger partial charge in [-0.3, -0.25) is 0 Å². The Labute approximate surface area is 109 Å². The van der Waals surface area contributed by atoms with E-state index in [1.54, 1.807) is 0 Å². The van der Waals surface area contributed by atoms with Crippen LogP contribution < -0.4 is 5.73 Å². The maximum Gasteiger partial charge on any atom is 0.0933 e. The quantitative estimate of drug-likeness (QED) is 0.896. The highest BCUT2D eigenvalue weighted by Gasteiger charge is 2.28. The number of nitrogens with zero attached hydrogens (tertiary/aromatic N) is 1. The van der Waals surface area contributed by atoms with Crippen molar-refractivity contribution in [2.45, 2.75) is 46.5 Å². The van der Waals surface area contributed by atoms with Crippen molar-refractivity contribution in [3.05, 3.63) is 15.6 Å². The van der Waals surface area contributed by atoms with Crippen LogP contribution >= 0.6 is 11.3 Å². The van der Waals surface area contributed by atoms with Crippen molar-refractivity contribution >= 4 is 11.3 Å². The average molecular weight is 252 g/mol. The summed E-state index contributed by atoms with van der Waals surface area (Å²) < 4.78 is 0. The monoisotopic (exact) mass is 252 g/mol. The van der Waals surface area contributed by atoms with E-state index in [1.807, 2.05) is 11.3 Å². The molecule has 1 aliphatic rings. The Morgan fingerprint density at radius 2 is 2.06 bits per heavy atom. The van der Waals surface area contributed by atoms with Crippen LogP contribution in [-0.2, 0) is 6.42 Å². The number of nitrogens with two attached hydrogens (primary N) is 1. The van der Waals surface area contributed by atoms with E-state index in [9.17, 15) is 0 Å². The molecule has 3 heteroatoms. The van der Waals surface area contributed by atoms with E-state index in [0.29, 0.717) is 0 Å². The third-order valence-corrected chi connectivity index (χ3v) is 5.31. The highest BCUT2D eigenvalue weighted by atomic mass is 32.1. The molecule has 3 unspecified atom stereocenters. The summed E-state index contributed by atoms with van der Waals surface area (Å²) in [5, 5.41) is 1.32. The van der Waals surface area contributed by atoms with Crippen LogP contribution in [0.3, 0.4) is 0 Å². The van der Waals surface area contributed by atoms with Crippen LogP contribution in [-0.4, -0.2) is 11.5 Å². The predicted molar refractivity (Wildman–Crippen MR) is 74.3 cm³/mol. The Kier molecular flexibility index (Phi) is 4.21. The van der Waals surface area contributed by atoms with Gasteiger partial charge in [0.2, 0.25) is 0 Å². The SMILES string of the molecule is Cc1nc(CC2CC(C)CCC2CN)sc1C. The lowest BCUT2D eigenvalue weighted by molar-refractivity contribution is 0.193. The molecule has 1 aromatic rings. The number of hydrogen-bond donors (Lipinski definition) is 1. The minimum Gasteiger partial charge on any atom is -0.330 e. The molecule has 2 rings (SSSR count). The van der Waals surface area contributed by atoms with E-state index in [-0.39, 0.29) is 0 Å². The molecule has 17 heavy (non-hydrogen) atoms. The van der Waals surface area contributed by atoms with Crippen molar-refractivity contribution in [1.82, 2.24) is 4.98 Å². The van der Waals surface area contributed by atoms with E-state index in [2.05, 4.69) is 25.8 Å². The normalized spacial score (nSPS) is 29.5. The maximum atomic E-state index is 5.91. The molecule has 0 saturated heterocycles. The van der Waals surface area contributed by atoms with Gasteiger partial charge in [0, 0.05) is 11.3 Å². The molecule has 0 amide bonds. The van der Waals surface area contributed by atoms with Crippen LogP contribution in [0, 0.1) is 31.6 Å². The third-order valence-electron chi connectivity index (χ3n) is 4.21. The molecule has 0 aromatic carbocycles. The molecule has 1 fully saturated rings. The Morgan fingerprint density at radius 1 is 1.29 bits per heavy atom. The van der Waals surface area contributed by atoms with E-state index < -0.39 is 0 Å². The second-order valence-corrected chi connectivity index (χ2v) is 6.92. The molecule has 0 aliphatic heterocycles. The number of aryl methyl sites for hydroxylation is 2. The fourth-order valence-corrected chi connectivity index (χ4v) is 4.00. The first kappa shape index (κ1) is 13.0. The Bertz CT molecular complexity index is 353. The molecule has 0 radical (unpaired) electrons. The minimum absolute atomic E-state index is 0.718. The minimum atomic E-state index is 0.718. The lowest BCUT2D eigenvalue weighted by atomic mass is 9.73. The van der Waals surface area contributed by atoms with Crippen LogP contribution in [0.5, 0.6) is 0 Å². The predicted octanol–water partition coefficient (Wildman–Crippen LogP) is 3.31. The summed E-state index contributed by atoms with van der Waals surface area (Å²) in [4.78, 5) is 6.04. The third kappa shape index (κ3) is 3.08. The van der Waals surface area contributed by atoms with Gasteiger partial charge in [0.1, 0.15) is 0 Å². The van der Waals surface area contributed by atoms with Gasteiger partial charge in [-0.25, -0.2) is 4.98 Å². The Balaban J connectivity index is 2.04. The zero-order chi connectivity index (χ0) is 12.4. The number of rotatable bonds is 3. The largest absolute Gasteiger partial charge is 0.330 e. The summed E-state index contributed by atoms with van der Waals surface area (Å²) in [6.45, 7) is 7.50. The van der Waals surface area contributed by atoms with E-state index in [0.717, 1.165) is 30.7 Å². The fraction of sp³-hybridized carbons (Fsp3) is 0.786. The molecule has 1 aliphatic carbocycles. The van der Waals surface area contributed by atoms with Crippen LogP contribution in [0.25, 0.3) is 0 Å². The van der Waals surface area contributed by atoms with Gasteiger partial charge in [0.15, 0.2) is 0 Å². The second-order valence-electron chi connectivity index (χ2n) is 5.63. The standard InChI is InChI=1S/C14H24N2S/c1-9-4-5-12(8-15)13(6-9)7-14-16-10(2)11(3)17-14/h9,12-13H,4-8,15H2,1-3H3. The first-order valence-electron chi connectivity index (χ1n) is 6.73. The molecular formula is C14H24N2S. The molecule has 0 bridgehead atoms. The van der Waals surface area contributed by atoms with E-state index in [1.165, 1.54) is 34.8 Å². The lowest BCUT2D eigenvalue weighted by Gasteiger charge is -2.33. The van der Waals surface area contributed by atoms with Gasteiger partial charge in [-0.2, -0.15) is 0 Å². The highest BCUT2D eigenvalue weighted by Crippen LogP contribution is 2.36. The van der Waals surface area contributed by atoms with Crippen LogP contribution in [0.4, 0.5) is 0 Å². The van der Waals surface area contributed by atoms with Gasteiger partial charge in [-0.15, -0.1) is 11.3 Å². The number of thiazole rings is 1. The number of hydrogen-bond acceptors (Lipinski definition) is 3. The molecule has 1 heterocycles. The number of aromatic nitrogens is 1. The van der Waals surface area contributed by atoms with Crippen molar-refractivity contribution in [3.8, 4) is 0 Å². The molecule has 2 nitrogen and oxygen atoms in total. The van der Waals surface area contributed by atoms with Gasteiger partial charge in [0.05, 0.1) is 10.7 Å². The summed E-state index contributed by atoms with van der Waals surface area (Å²) in [5.41, 5.74) is 7.12. The zero-order valence-electron chi connectivity index (χ0n) is 11.2. The van der Waals surface area contributed by atoms with Gasteiger partial charge in [-0.05, 0) is 51.0 Å². The summed E-state index contributed by atoms with van der Waals surface area (Å²) >= 11 is 1.87. The average Bonchev–Trinajstić information content (AvgIpc) is 2.58. The van der Waals surface area contributed by atoms with Gasteiger partial charge in [-0.1, -0.05) is 13.3 Å². The van der Waals surface area contributed by atoms with Crippen molar-refractivity contribution in [2.75, 3.05) is 6.54 Å². The summed E-state index contributed by atoms with van der Waals surface area (Å²) in [6, 6.07) is 0. The van der Waals surface area contributed by atoms with Crippen molar-refractivity contribution in [1.29, 1.82) is 0 Å². The van der Waals surface area contributed by atoms with Crippen molar-refractivity contribution in [2.24, 2.45) is 23.5 Å². The summed E-state index contributed by atoms with van der Waals surface area (Å²) in [6.07, 6.45) is 5.14. The molecule has 3 atom stereocenters. The smallest absolute Gasteiger partial charge is 0.0933 e. The zero-order valence-corrected chi connectivity index (χ0v) is 12.0. The van der Waals surface area contributed by atoms with Crippen LogP contribution in [0.2, 0.25) is 0 Å². The Hall–Kier alpha value is -0.410. The molecular weight excluding hydrogens is 228 g/mol.